The Balaban J connectivity index is 1.84. The van der Waals surface area contributed by atoms with Gasteiger partial charge in [0.2, 0.25) is 0 Å². The first-order valence-corrected chi connectivity index (χ1v) is 7.49. The lowest BCUT2D eigenvalue weighted by Gasteiger charge is -2.43. The first-order valence-electron chi connectivity index (χ1n) is 7.49. The number of hydrogen-bond donors (Lipinski definition) is 0. The van der Waals surface area contributed by atoms with Gasteiger partial charge < -0.3 is 18.8 Å². The van der Waals surface area contributed by atoms with E-state index in [0.29, 0.717) is 0 Å². The van der Waals surface area contributed by atoms with Crippen molar-refractivity contribution >= 4 is 7.69 Å². The van der Waals surface area contributed by atoms with Crippen molar-refractivity contribution < 1.29 is 18.8 Å². The third kappa shape index (κ3) is 2.15. The third-order valence-corrected chi connectivity index (χ3v) is 5.43. The molecule has 19 heavy (non-hydrogen) atoms. The van der Waals surface area contributed by atoms with Crippen molar-refractivity contribution in [1.29, 1.82) is 0 Å². The normalized spacial score (nSPS) is 36.5. The first kappa shape index (κ1) is 13.9. The van der Waals surface area contributed by atoms with E-state index in [1.165, 1.54) is 33.4 Å². The van der Waals surface area contributed by atoms with Crippen molar-refractivity contribution in [3.05, 3.63) is 0 Å². The van der Waals surface area contributed by atoms with Gasteiger partial charge >= 0.3 is 7.69 Å². The van der Waals surface area contributed by atoms with Crippen LogP contribution in [0, 0.1) is 0 Å². The topological polar surface area (TPSA) is 36.9 Å². The largest absolute Gasteiger partial charge is 0.488 e. The van der Waals surface area contributed by atoms with Crippen LogP contribution in [0.4, 0.5) is 0 Å². The Kier molecular flexibility index (Phi) is 3.91. The molecule has 0 bridgehead atoms. The van der Waals surface area contributed by atoms with Gasteiger partial charge in [0.05, 0.1) is 23.4 Å². The molecule has 4 nitrogen and oxygen atoms in total. The highest BCUT2D eigenvalue weighted by molar-refractivity contribution is 6.19. The van der Waals surface area contributed by atoms with Crippen molar-refractivity contribution in [2.45, 2.75) is 74.8 Å². The molecule has 1 aliphatic heterocycles. The van der Waals surface area contributed by atoms with Gasteiger partial charge in [-0.15, -0.1) is 0 Å². The SMILES string of the molecule is COC1([C@@H]2O[B]O[C@H]2C2(OC)CCCC2)CCCC1. The van der Waals surface area contributed by atoms with Crippen molar-refractivity contribution in [3.63, 3.8) is 0 Å². The molecule has 2 aliphatic carbocycles. The van der Waals surface area contributed by atoms with Gasteiger partial charge in [-0.3, -0.25) is 0 Å². The maximum atomic E-state index is 5.88. The summed E-state index contributed by atoms with van der Waals surface area (Å²) in [5, 5.41) is 0. The van der Waals surface area contributed by atoms with E-state index in [2.05, 4.69) is 0 Å². The average Bonchev–Trinajstić information content (AvgIpc) is 3.18. The van der Waals surface area contributed by atoms with E-state index in [1.54, 1.807) is 14.2 Å². The van der Waals surface area contributed by atoms with Crippen LogP contribution in [0.1, 0.15) is 51.4 Å². The molecule has 2 saturated carbocycles. The smallest absolute Gasteiger partial charge is 0.405 e. The lowest BCUT2D eigenvalue weighted by molar-refractivity contribution is -0.153. The van der Waals surface area contributed by atoms with Gasteiger partial charge in [0.1, 0.15) is 0 Å². The van der Waals surface area contributed by atoms with E-state index in [1.807, 2.05) is 0 Å². The molecule has 0 unspecified atom stereocenters. The fourth-order valence-corrected chi connectivity index (χ4v) is 4.25. The Morgan fingerprint density at radius 2 is 1.16 bits per heavy atom. The summed E-state index contributed by atoms with van der Waals surface area (Å²) in [7, 11) is 5.11. The van der Waals surface area contributed by atoms with E-state index in [9.17, 15) is 0 Å². The lowest BCUT2D eigenvalue weighted by atomic mass is 9.81. The van der Waals surface area contributed by atoms with Gasteiger partial charge in [-0.1, -0.05) is 25.7 Å². The summed E-state index contributed by atoms with van der Waals surface area (Å²) < 4.78 is 23.4. The summed E-state index contributed by atoms with van der Waals surface area (Å²) in [5.41, 5.74) is -0.377. The second-order valence-electron chi connectivity index (χ2n) is 6.16. The van der Waals surface area contributed by atoms with Crippen LogP contribution < -0.4 is 0 Å². The molecule has 3 fully saturated rings. The summed E-state index contributed by atoms with van der Waals surface area (Å²) in [6.07, 6.45) is 9.00. The molecule has 0 aromatic heterocycles. The van der Waals surface area contributed by atoms with Gasteiger partial charge in [-0.05, 0) is 25.7 Å². The van der Waals surface area contributed by atoms with Crippen molar-refractivity contribution in [2.75, 3.05) is 14.2 Å². The quantitative estimate of drug-likeness (QED) is 0.732. The number of ether oxygens (including phenoxy) is 2. The van der Waals surface area contributed by atoms with E-state index in [-0.39, 0.29) is 23.4 Å². The zero-order valence-electron chi connectivity index (χ0n) is 12.0. The summed E-state index contributed by atoms with van der Waals surface area (Å²) in [4.78, 5) is 0. The summed E-state index contributed by atoms with van der Waals surface area (Å²) in [6, 6.07) is 0. The van der Waals surface area contributed by atoms with Crippen LogP contribution in [0.3, 0.4) is 0 Å². The maximum Gasteiger partial charge on any atom is 0.488 e. The Morgan fingerprint density at radius 1 is 0.789 bits per heavy atom. The van der Waals surface area contributed by atoms with Gasteiger partial charge in [-0.25, -0.2) is 0 Å². The van der Waals surface area contributed by atoms with Gasteiger partial charge in [-0.2, -0.15) is 0 Å². The lowest BCUT2D eigenvalue weighted by Crippen LogP contribution is -2.56. The van der Waals surface area contributed by atoms with Crippen LogP contribution >= 0.6 is 0 Å². The van der Waals surface area contributed by atoms with Crippen LogP contribution in [-0.4, -0.2) is 45.3 Å². The molecule has 3 rings (SSSR count). The van der Waals surface area contributed by atoms with Crippen LogP contribution in [0.25, 0.3) is 0 Å². The Labute approximate surface area is 116 Å². The average molecular weight is 267 g/mol. The second kappa shape index (κ2) is 5.36. The number of methoxy groups -OCH3 is 2. The first-order chi connectivity index (χ1) is 9.26. The van der Waals surface area contributed by atoms with Crippen LogP contribution in [0.15, 0.2) is 0 Å². The molecular formula is C14H24BO4. The van der Waals surface area contributed by atoms with E-state index >= 15 is 0 Å². The van der Waals surface area contributed by atoms with Crippen molar-refractivity contribution in [3.8, 4) is 0 Å². The Morgan fingerprint density at radius 3 is 1.47 bits per heavy atom. The molecule has 1 saturated heterocycles. The maximum absolute atomic E-state index is 5.88. The van der Waals surface area contributed by atoms with Crippen LogP contribution in [-0.2, 0) is 18.8 Å². The zero-order valence-corrected chi connectivity index (χ0v) is 12.0. The summed E-state index contributed by atoms with van der Waals surface area (Å²) in [5.74, 6) is 0. The highest BCUT2D eigenvalue weighted by Crippen LogP contribution is 2.47. The highest BCUT2D eigenvalue weighted by atomic mass is 16.7. The predicted octanol–water partition coefficient (Wildman–Crippen LogP) is 2.22. The van der Waals surface area contributed by atoms with E-state index < -0.39 is 0 Å². The fraction of sp³-hybridized carbons (Fsp3) is 1.00. The molecule has 3 aliphatic rings. The molecule has 1 radical (unpaired) electrons. The Hall–Kier alpha value is -0.0951. The minimum atomic E-state index is -0.189. The second-order valence-corrected chi connectivity index (χ2v) is 6.16. The van der Waals surface area contributed by atoms with Crippen molar-refractivity contribution in [2.24, 2.45) is 0 Å². The van der Waals surface area contributed by atoms with Crippen molar-refractivity contribution in [1.82, 2.24) is 0 Å². The molecule has 1 heterocycles. The molecule has 0 N–H and O–H groups in total. The van der Waals surface area contributed by atoms with Crippen LogP contribution in [0.5, 0.6) is 0 Å². The molecule has 107 valence electrons. The molecule has 5 heteroatoms. The predicted molar refractivity (Wildman–Crippen MR) is 71.9 cm³/mol. The van der Waals surface area contributed by atoms with E-state index in [4.69, 9.17) is 18.8 Å². The highest BCUT2D eigenvalue weighted by Gasteiger charge is 2.57. The minimum absolute atomic E-state index is 0.0296. The van der Waals surface area contributed by atoms with E-state index in [0.717, 1.165) is 25.7 Å². The molecule has 2 atom stereocenters. The number of rotatable bonds is 4. The minimum Gasteiger partial charge on any atom is -0.405 e. The molecule has 0 amide bonds. The molecule has 0 aromatic carbocycles. The number of hydrogen-bond acceptors (Lipinski definition) is 4. The van der Waals surface area contributed by atoms with Gasteiger partial charge in [0.25, 0.3) is 0 Å². The van der Waals surface area contributed by atoms with Crippen LogP contribution in [0.2, 0.25) is 0 Å². The zero-order chi connectivity index (χ0) is 13.3. The van der Waals surface area contributed by atoms with Gasteiger partial charge in [0, 0.05) is 14.2 Å². The van der Waals surface area contributed by atoms with Gasteiger partial charge in [0.15, 0.2) is 0 Å². The monoisotopic (exact) mass is 267 g/mol. The summed E-state index contributed by atoms with van der Waals surface area (Å²) >= 11 is 0. The standard InChI is InChI=1S/C14H24BO4/c1-16-13(7-3-4-8-13)11-12(19-15-18-11)14(17-2)9-5-6-10-14/h11-12H,3-10H2,1-2H3/t11-,12-/m1/s1. The fourth-order valence-electron chi connectivity index (χ4n) is 4.25. The Bertz CT molecular complexity index is 281. The molecule has 0 spiro atoms. The third-order valence-electron chi connectivity index (χ3n) is 5.43. The summed E-state index contributed by atoms with van der Waals surface area (Å²) in [6.45, 7) is 0. The molecule has 0 aromatic rings. The molecular weight excluding hydrogens is 243 g/mol.